The predicted molar refractivity (Wildman–Crippen MR) is 71.5 cm³/mol. The smallest absolute Gasteiger partial charge is 0.131 e. The van der Waals surface area contributed by atoms with Crippen LogP contribution in [-0.2, 0) is 20.2 Å². The first-order valence-corrected chi connectivity index (χ1v) is 6.18. The van der Waals surface area contributed by atoms with Gasteiger partial charge < -0.3 is 5.11 Å². The third-order valence-corrected chi connectivity index (χ3v) is 2.91. The van der Waals surface area contributed by atoms with Crippen LogP contribution in [0.1, 0.15) is 11.1 Å². The van der Waals surface area contributed by atoms with Gasteiger partial charge in [-0.05, 0) is 11.6 Å². The third kappa shape index (κ3) is 2.57. The number of hydrogen-bond donors (Lipinski definition) is 1. The van der Waals surface area contributed by atoms with E-state index in [1.54, 1.807) is 21.8 Å². The molecule has 0 fully saturated rings. The van der Waals surface area contributed by atoms with E-state index in [4.69, 9.17) is 5.11 Å². The van der Waals surface area contributed by atoms with Gasteiger partial charge in [0.15, 0.2) is 0 Å². The number of nitrogens with zero attached hydrogens (tertiary/aromatic N) is 6. The molecule has 0 aliphatic carbocycles. The van der Waals surface area contributed by atoms with Gasteiger partial charge in [-0.2, -0.15) is 5.10 Å². The molecule has 3 rings (SSSR count). The molecule has 0 spiro atoms. The summed E-state index contributed by atoms with van der Waals surface area (Å²) in [6.07, 6.45) is 7.22. The van der Waals surface area contributed by atoms with Gasteiger partial charge in [-0.1, -0.05) is 11.3 Å². The molecule has 0 unspecified atom stereocenters. The average Bonchev–Trinajstić information content (AvgIpc) is 3.09. The molecule has 102 valence electrons. The quantitative estimate of drug-likeness (QED) is 0.751. The van der Waals surface area contributed by atoms with E-state index in [1.807, 2.05) is 31.6 Å². The van der Waals surface area contributed by atoms with Crippen LogP contribution in [0.3, 0.4) is 0 Å². The first kappa shape index (κ1) is 12.5. The van der Waals surface area contributed by atoms with Crippen LogP contribution in [0, 0.1) is 0 Å². The molecule has 0 aliphatic rings. The number of pyridine rings is 1. The minimum absolute atomic E-state index is 0.0129. The van der Waals surface area contributed by atoms with Gasteiger partial charge in [-0.3, -0.25) is 9.67 Å². The number of rotatable bonds is 4. The Bertz CT molecular complexity index is 700. The summed E-state index contributed by atoms with van der Waals surface area (Å²) in [6.45, 7) is 0.608. The van der Waals surface area contributed by atoms with Crippen molar-refractivity contribution < 1.29 is 5.11 Å². The largest absolute Gasteiger partial charge is 0.392 e. The van der Waals surface area contributed by atoms with E-state index in [-0.39, 0.29) is 6.61 Å². The Morgan fingerprint density at radius 2 is 2.00 bits per heavy atom. The number of aromatic nitrogens is 6. The van der Waals surface area contributed by atoms with Crippen LogP contribution in [0.4, 0.5) is 0 Å². The van der Waals surface area contributed by atoms with Gasteiger partial charge in [0.1, 0.15) is 5.69 Å². The summed E-state index contributed by atoms with van der Waals surface area (Å²) in [4.78, 5) is 4.25. The van der Waals surface area contributed by atoms with E-state index < -0.39 is 0 Å². The topological polar surface area (TPSA) is 81.7 Å². The molecule has 0 atom stereocenters. The highest BCUT2D eigenvalue weighted by molar-refractivity contribution is 5.52. The van der Waals surface area contributed by atoms with Gasteiger partial charge >= 0.3 is 0 Å². The summed E-state index contributed by atoms with van der Waals surface area (Å²) < 4.78 is 3.50. The third-order valence-electron chi connectivity index (χ3n) is 2.91. The molecule has 0 saturated carbocycles. The minimum atomic E-state index is -0.0129. The van der Waals surface area contributed by atoms with Crippen molar-refractivity contribution in [1.82, 2.24) is 29.8 Å². The molecule has 7 heteroatoms. The van der Waals surface area contributed by atoms with Crippen molar-refractivity contribution >= 4 is 0 Å². The maximum absolute atomic E-state index is 8.99. The highest BCUT2D eigenvalue weighted by Gasteiger charge is 2.06. The average molecular weight is 270 g/mol. The molecule has 0 amide bonds. The van der Waals surface area contributed by atoms with E-state index >= 15 is 0 Å². The summed E-state index contributed by atoms with van der Waals surface area (Å²) >= 11 is 0. The molecule has 1 N–H and O–H groups in total. The van der Waals surface area contributed by atoms with E-state index in [0.29, 0.717) is 12.2 Å². The SMILES string of the molecule is Cn1cc(Cn2cc(-c3ccc(CO)cn3)nn2)cn1. The van der Waals surface area contributed by atoms with Gasteiger partial charge in [0.2, 0.25) is 0 Å². The molecule has 3 aromatic rings. The molecule has 3 aromatic heterocycles. The number of aliphatic hydroxyl groups excluding tert-OH is 1. The zero-order valence-electron chi connectivity index (χ0n) is 11.0. The Kier molecular flexibility index (Phi) is 3.26. The highest BCUT2D eigenvalue weighted by atomic mass is 16.3. The summed E-state index contributed by atoms with van der Waals surface area (Å²) in [7, 11) is 1.88. The normalized spacial score (nSPS) is 10.9. The van der Waals surface area contributed by atoms with Crippen LogP contribution in [0.2, 0.25) is 0 Å². The predicted octanol–water partition coefficient (Wildman–Crippen LogP) is 0.614. The van der Waals surface area contributed by atoms with Crippen LogP contribution >= 0.6 is 0 Å². The first-order chi connectivity index (χ1) is 9.74. The van der Waals surface area contributed by atoms with E-state index in [9.17, 15) is 0 Å². The lowest BCUT2D eigenvalue weighted by molar-refractivity contribution is 0.281. The summed E-state index contributed by atoms with van der Waals surface area (Å²) in [5.74, 6) is 0. The number of hydrogen-bond acceptors (Lipinski definition) is 5. The second kappa shape index (κ2) is 5.22. The Morgan fingerprint density at radius 1 is 1.10 bits per heavy atom. The second-order valence-corrected chi connectivity index (χ2v) is 4.53. The zero-order chi connectivity index (χ0) is 13.9. The van der Waals surface area contributed by atoms with Crippen molar-refractivity contribution in [2.24, 2.45) is 7.05 Å². The lowest BCUT2D eigenvalue weighted by Crippen LogP contribution is -1.99. The monoisotopic (exact) mass is 270 g/mol. The molecule has 0 aliphatic heterocycles. The highest BCUT2D eigenvalue weighted by Crippen LogP contribution is 2.14. The van der Waals surface area contributed by atoms with Crippen LogP contribution in [-0.4, -0.2) is 34.9 Å². The van der Waals surface area contributed by atoms with Crippen molar-refractivity contribution in [3.8, 4) is 11.4 Å². The molecule has 3 heterocycles. The van der Waals surface area contributed by atoms with Crippen LogP contribution in [0.5, 0.6) is 0 Å². The lowest BCUT2D eigenvalue weighted by atomic mass is 10.2. The van der Waals surface area contributed by atoms with Crippen molar-refractivity contribution in [2.45, 2.75) is 13.2 Å². The fraction of sp³-hybridized carbons (Fsp3) is 0.231. The molecule has 20 heavy (non-hydrogen) atoms. The van der Waals surface area contributed by atoms with E-state index in [0.717, 1.165) is 16.8 Å². The van der Waals surface area contributed by atoms with Crippen LogP contribution in [0.25, 0.3) is 11.4 Å². The molecular formula is C13H14N6O. The fourth-order valence-electron chi connectivity index (χ4n) is 1.90. The molecule has 0 bridgehead atoms. The summed E-state index contributed by atoms with van der Waals surface area (Å²) in [5, 5.41) is 21.3. The maximum Gasteiger partial charge on any atom is 0.131 e. The van der Waals surface area contributed by atoms with Gasteiger partial charge in [-0.25, -0.2) is 4.68 Å². The molecule has 0 saturated heterocycles. The Hall–Kier alpha value is -2.54. The Morgan fingerprint density at radius 3 is 2.65 bits per heavy atom. The van der Waals surface area contributed by atoms with E-state index in [2.05, 4.69) is 20.4 Å². The van der Waals surface area contributed by atoms with Crippen LogP contribution in [0.15, 0.2) is 36.9 Å². The number of aryl methyl sites for hydroxylation is 1. The Balaban J connectivity index is 1.78. The maximum atomic E-state index is 8.99. The fourth-order valence-corrected chi connectivity index (χ4v) is 1.90. The van der Waals surface area contributed by atoms with Crippen LogP contribution < -0.4 is 0 Å². The standard InChI is InChI=1S/C13H14N6O/c1-18-6-11(5-15-18)7-19-8-13(16-17-19)12-3-2-10(9-20)4-14-12/h2-6,8,20H,7,9H2,1H3. The van der Waals surface area contributed by atoms with Crippen molar-refractivity contribution in [2.75, 3.05) is 0 Å². The van der Waals surface area contributed by atoms with Gasteiger partial charge in [-0.15, -0.1) is 5.10 Å². The molecule has 0 aromatic carbocycles. The number of aliphatic hydroxyl groups is 1. The van der Waals surface area contributed by atoms with Gasteiger partial charge in [0, 0.05) is 25.0 Å². The Labute approximate surface area is 115 Å². The van der Waals surface area contributed by atoms with Crippen molar-refractivity contribution in [1.29, 1.82) is 0 Å². The first-order valence-electron chi connectivity index (χ1n) is 6.18. The van der Waals surface area contributed by atoms with E-state index in [1.165, 1.54) is 0 Å². The minimum Gasteiger partial charge on any atom is -0.392 e. The molecular weight excluding hydrogens is 256 g/mol. The molecule has 7 nitrogen and oxygen atoms in total. The summed E-state index contributed by atoms with van der Waals surface area (Å²) in [5.41, 5.74) is 3.28. The van der Waals surface area contributed by atoms with Gasteiger partial charge in [0.05, 0.1) is 31.2 Å². The molecule has 0 radical (unpaired) electrons. The lowest BCUT2D eigenvalue weighted by Gasteiger charge is -1.97. The van der Waals surface area contributed by atoms with Crippen molar-refractivity contribution in [3.63, 3.8) is 0 Å². The van der Waals surface area contributed by atoms with Gasteiger partial charge in [0.25, 0.3) is 0 Å². The summed E-state index contributed by atoms with van der Waals surface area (Å²) in [6, 6.07) is 3.65. The zero-order valence-corrected chi connectivity index (χ0v) is 11.0. The second-order valence-electron chi connectivity index (χ2n) is 4.53. The van der Waals surface area contributed by atoms with Crippen molar-refractivity contribution in [3.05, 3.63) is 48.0 Å².